The highest BCUT2D eigenvalue weighted by atomic mass is 16.6. The van der Waals surface area contributed by atoms with Gasteiger partial charge in [0.2, 0.25) is 0 Å². The lowest BCUT2D eigenvalue weighted by Gasteiger charge is -2.37. The molecule has 2 N–H and O–H groups in total. The van der Waals surface area contributed by atoms with Crippen LogP contribution in [0.2, 0.25) is 0 Å². The maximum atomic E-state index is 10.9. The number of allylic oxidation sites excluding steroid dienone is 2. The molecule has 0 amide bonds. The molecular weight excluding hydrogens is 288 g/mol. The van der Waals surface area contributed by atoms with Crippen molar-refractivity contribution in [3.05, 3.63) is 22.8 Å². The largest absolute Gasteiger partial charge is 0.389 e. The molecule has 3 aliphatic carbocycles. The monoisotopic (exact) mass is 318 g/mol. The lowest BCUT2D eigenvalue weighted by Crippen LogP contribution is -2.34. The number of fused-ring (bicyclic) bond motifs is 1. The summed E-state index contributed by atoms with van der Waals surface area (Å²) < 4.78 is 5.83. The molecule has 0 bridgehead atoms. The number of hydrogen-bond donors (Lipinski definition) is 2. The Bertz CT molecular complexity index is 590. The highest BCUT2D eigenvalue weighted by Crippen LogP contribution is 2.60. The molecule has 0 spiro atoms. The van der Waals surface area contributed by atoms with Gasteiger partial charge in [-0.3, -0.25) is 0 Å². The first-order chi connectivity index (χ1) is 10.8. The molecule has 0 radical (unpaired) electrons. The first kappa shape index (κ1) is 15.9. The molecular formula is C20H30O3. The zero-order valence-corrected chi connectivity index (χ0v) is 14.8. The summed E-state index contributed by atoms with van der Waals surface area (Å²) >= 11 is 0. The van der Waals surface area contributed by atoms with Crippen LogP contribution in [0.1, 0.15) is 53.4 Å². The molecule has 0 aromatic carbocycles. The van der Waals surface area contributed by atoms with Crippen LogP contribution < -0.4 is 0 Å². The Labute approximate surface area is 139 Å². The summed E-state index contributed by atoms with van der Waals surface area (Å²) in [6.45, 7) is 9.56. The standard InChI is InChI=1S/C20H30O3/c1-11(2)17-15-6-5-13-10-23-20(22)7-12(3)14(18(13)20)8-19(15,4)9-16(17)21/h5,11-12,14,16,18,21-22H,6-10H2,1-4H3/t12-,14-,16-,18-,19-,20+/m0/s1. The summed E-state index contributed by atoms with van der Waals surface area (Å²) in [6, 6.07) is 0. The van der Waals surface area contributed by atoms with E-state index in [0.717, 1.165) is 25.7 Å². The van der Waals surface area contributed by atoms with Crippen LogP contribution in [0.15, 0.2) is 22.8 Å². The van der Waals surface area contributed by atoms with Crippen molar-refractivity contribution in [2.75, 3.05) is 6.61 Å². The fourth-order valence-corrected chi connectivity index (χ4v) is 6.19. The van der Waals surface area contributed by atoms with Crippen molar-refractivity contribution in [3.63, 3.8) is 0 Å². The van der Waals surface area contributed by atoms with E-state index in [1.54, 1.807) is 0 Å². The van der Waals surface area contributed by atoms with Gasteiger partial charge in [0.15, 0.2) is 5.79 Å². The van der Waals surface area contributed by atoms with E-state index in [0.29, 0.717) is 24.4 Å². The number of aliphatic hydroxyl groups is 2. The normalized spacial score (nSPS) is 49.1. The quantitative estimate of drug-likeness (QED) is 0.728. The Morgan fingerprint density at radius 2 is 2.00 bits per heavy atom. The van der Waals surface area contributed by atoms with Gasteiger partial charge in [-0.2, -0.15) is 0 Å². The van der Waals surface area contributed by atoms with Gasteiger partial charge in [0.05, 0.1) is 12.7 Å². The molecule has 1 heterocycles. The smallest absolute Gasteiger partial charge is 0.173 e. The Morgan fingerprint density at radius 3 is 2.70 bits per heavy atom. The molecule has 1 saturated carbocycles. The van der Waals surface area contributed by atoms with Gasteiger partial charge in [-0.25, -0.2) is 0 Å². The second-order valence-corrected chi connectivity index (χ2v) is 9.01. The third kappa shape index (κ3) is 2.13. The van der Waals surface area contributed by atoms with Gasteiger partial charge in [0, 0.05) is 12.3 Å². The Morgan fingerprint density at radius 1 is 1.26 bits per heavy atom. The van der Waals surface area contributed by atoms with Crippen molar-refractivity contribution in [1.82, 2.24) is 0 Å². The predicted molar refractivity (Wildman–Crippen MR) is 89.6 cm³/mol. The van der Waals surface area contributed by atoms with Crippen LogP contribution in [0.4, 0.5) is 0 Å². The molecule has 4 aliphatic rings. The van der Waals surface area contributed by atoms with E-state index < -0.39 is 5.79 Å². The van der Waals surface area contributed by atoms with Crippen molar-refractivity contribution >= 4 is 0 Å². The van der Waals surface area contributed by atoms with Crippen molar-refractivity contribution in [1.29, 1.82) is 0 Å². The van der Waals surface area contributed by atoms with Crippen molar-refractivity contribution in [2.24, 2.45) is 29.1 Å². The number of aliphatic hydroxyl groups excluding tert-OH is 1. The molecule has 1 aliphatic heterocycles. The zero-order valence-electron chi connectivity index (χ0n) is 14.8. The van der Waals surface area contributed by atoms with E-state index in [4.69, 9.17) is 4.74 Å². The molecule has 3 nitrogen and oxygen atoms in total. The van der Waals surface area contributed by atoms with E-state index in [9.17, 15) is 10.2 Å². The average Bonchev–Trinajstić information content (AvgIpc) is 2.94. The van der Waals surface area contributed by atoms with E-state index >= 15 is 0 Å². The van der Waals surface area contributed by atoms with Gasteiger partial charge in [-0.15, -0.1) is 0 Å². The molecule has 2 fully saturated rings. The second-order valence-electron chi connectivity index (χ2n) is 9.01. The summed E-state index contributed by atoms with van der Waals surface area (Å²) in [5, 5.41) is 21.6. The molecule has 128 valence electrons. The van der Waals surface area contributed by atoms with Crippen molar-refractivity contribution in [3.8, 4) is 0 Å². The number of rotatable bonds is 1. The van der Waals surface area contributed by atoms with Gasteiger partial charge in [-0.05, 0) is 53.6 Å². The van der Waals surface area contributed by atoms with Crippen LogP contribution in [-0.4, -0.2) is 28.7 Å². The van der Waals surface area contributed by atoms with Crippen LogP contribution >= 0.6 is 0 Å². The van der Waals surface area contributed by atoms with E-state index in [-0.39, 0.29) is 17.4 Å². The summed E-state index contributed by atoms with van der Waals surface area (Å²) in [5.41, 5.74) is 4.08. The summed E-state index contributed by atoms with van der Waals surface area (Å²) in [4.78, 5) is 0. The first-order valence-electron chi connectivity index (χ1n) is 9.22. The third-order valence-corrected chi connectivity index (χ3v) is 7.10. The van der Waals surface area contributed by atoms with Gasteiger partial charge in [0.1, 0.15) is 0 Å². The Kier molecular flexibility index (Phi) is 3.40. The Balaban J connectivity index is 1.81. The summed E-state index contributed by atoms with van der Waals surface area (Å²) in [5.74, 6) is 0.535. The van der Waals surface area contributed by atoms with Crippen LogP contribution in [0.5, 0.6) is 0 Å². The average molecular weight is 318 g/mol. The Hall–Kier alpha value is -0.640. The van der Waals surface area contributed by atoms with E-state index in [1.807, 2.05) is 0 Å². The third-order valence-electron chi connectivity index (χ3n) is 7.10. The fraction of sp³-hybridized carbons (Fsp3) is 0.800. The predicted octanol–water partition coefficient (Wildman–Crippen LogP) is 3.42. The molecule has 3 heteroatoms. The van der Waals surface area contributed by atoms with Crippen LogP contribution in [0.3, 0.4) is 0 Å². The van der Waals surface area contributed by atoms with E-state index in [1.165, 1.54) is 16.7 Å². The highest BCUT2D eigenvalue weighted by Gasteiger charge is 2.59. The summed E-state index contributed by atoms with van der Waals surface area (Å²) in [6.07, 6.45) is 5.57. The number of hydrogen-bond acceptors (Lipinski definition) is 3. The summed E-state index contributed by atoms with van der Waals surface area (Å²) in [7, 11) is 0. The minimum Gasteiger partial charge on any atom is -0.389 e. The highest BCUT2D eigenvalue weighted by molar-refractivity contribution is 5.37. The topological polar surface area (TPSA) is 49.7 Å². The first-order valence-corrected chi connectivity index (χ1v) is 9.22. The minimum atomic E-state index is -0.939. The second kappa shape index (κ2) is 4.93. The molecule has 0 unspecified atom stereocenters. The molecule has 0 aromatic heterocycles. The minimum absolute atomic E-state index is 0.0633. The SMILES string of the molecule is CC(C)C1=C2CC=C3CO[C@]4(O)C[C@H](C)[C@H](C[C@@]2(C)C[C@@H]1O)[C@H]34. The maximum Gasteiger partial charge on any atom is 0.173 e. The van der Waals surface area contributed by atoms with Crippen LogP contribution in [0, 0.1) is 29.1 Å². The van der Waals surface area contributed by atoms with Gasteiger partial charge < -0.3 is 14.9 Å². The molecule has 23 heavy (non-hydrogen) atoms. The molecule has 4 rings (SSSR count). The van der Waals surface area contributed by atoms with Crippen molar-refractivity contribution < 1.29 is 14.9 Å². The molecule has 0 aromatic rings. The zero-order chi connectivity index (χ0) is 16.6. The molecule has 1 saturated heterocycles. The number of ether oxygens (including phenoxy) is 1. The van der Waals surface area contributed by atoms with Gasteiger partial charge in [0.25, 0.3) is 0 Å². The van der Waals surface area contributed by atoms with Crippen molar-refractivity contribution in [2.45, 2.75) is 65.3 Å². The van der Waals surface area contributed by atoms with Crippen LogP contribution in [0.25, 0.3) is 0 Å². The molecule has 6 atom stereocenters. The maximum absolute atomic E-state index is 10.9. The van der Waals surface area contributed by atoms with Gasteiger partial charge in [-0.1, -0.05) is 39.3 Å². The lowest BCUT2D eigenvalue weighted by molar-refractivity contribution is -0.186. The van der Waals surface area contributed by atoms with Crippen LogP contribution in [-0.2, 0) is 4.74 Å². The van der Waals surface area contributed by atoms with Gasteiger partial charge >= 0.3 is 0 Å². The lowest BCUT2D eigenvalue weighted by atomic mass is 9.67. The fourth-order valence-electron chi connectivity index (χ4n) is 6.19. The van der Waals surface area contributed by atoms with E-state index in [2.05, 4.69) is 33.8 Å².